The lowest BCUT2D eigenvalue weighted by Gasteiger charge is -2.24. The van der Waals surface area contributed by atoms with Crippen LogP contribution in [0.25, 0.3) is 0 Å². The smallest absolute Gasteiger partial charge is 0.317 e. The van der Waals surface area contributed by atoms with Crippen LogP contribution in [0.2, 0.25) is 0 Å². The zero-order valence-corrected chi connectivity index (χ0v) is 12.9. The Morgan fingerprint density at radius 2 is 2.32 bits per heavy atom. The third kappa shape index (κ3) is 3.48. The average Bonchev–Trinajstić information content (AvgIpc) is 2.77. The lowest BCUT2D eigenvalue weighted by atomic mass is 10.2. The van der Waals surface area contributed by atoms with E-state index < -0.39 is 5.97 Å². The molecule has 5 heteroatoms. The van der Waals surface area contributed by atoms with Gasteiger partial charge in [-0.2, -0.15) is 0 Å². The molecule has 1 N–H and O–H groups in total. The first kappa shape index (κ1) is 14.3. The van der Waals surface area contributed by atoms with Crippen LogP contribution >= 0.6 is 15.9 Å². The minimum absolute atomic E-state index is 0.105. The quantitative estimate of drug-likeness (QED) is 0.922. The fraction of sp³-hybridized carbons (Fsp3) is 0.500. The number of carboxylic acids is 1. The van der Waals surface area contributed by atoms with Gasteiger partial charge in [0, 0.05) is 23.6 Å². The van der Waals surface area contributed by atoms with Gasteiger partial charge in [0.05, 0.1) is 12.2 Å². The number of likely N-dealkylation sites (N-methyl/N-ethyl adjacent to an activating group) is 1. The third-order valence-electron chi connectivity index (χ3n) is 3.62. The van der Waals surface area contributed by atoms with E-state index in [2.05, 4.69) is 46.0 Å². The van der Waals surface area contributed by atoms with Crippen LogP contribution < -0.4 is 4.90 Å². The van der Waals surface area contributed by atoms with E-state index in [1.54, 1.807) is 0 Å². The van der Waals surface area contributed by atoms with Crippen molar-refractivity contribution in [2.24, 2.45) is 0 Å². The summed E-state index contributed by atoms with van der Waals surface area (Å²) in [5.74, 6) is -0.766. The number of nitrogens with zero attached hydrogens (tertiary/aromatic N) is 2. The Hall–Kier alpha value is -1.07. The van der Waals surface area contributed by atoms with Crippen molar-refractivity contribution in [2.75, 3.05) is 31.6 Å². The van der Waals surface area contributed by atoms with Crippen LogP contribution in [0.15, 0.2) is 22.7 Å². The van der Waals surface area contributed by atoms with Gasteiger partial charge in [-0.25, -0.2) is 0 Å². The molecule has 0 amide bonds. The lowest BCUT2D eigenvalue weighted by molar-refractivity contribution is -0.138. The Bertz CT molecular complexity index is 479. The number of benzene rings is 1. The first-order valence-corrected chi connectivity index (χ1v) is 7.20. The number of hydrogen-bond donors (Lipinski definition) is 1. The van der Waals surface area contributed by atoms with Crippen molar-refractivity contribution in [3.63, 3.8) is 0 Å². The molecule has 1 aliphatic heterocycles. The maximum absolute atomic E-state index is 10.7. The van der Waals surface area contributed by atoms with E-state index in [0.717, 1.165) is 24.0 Å². The lowest BCUT2D eigenvalue weighted by Crippen LogP contribution is -2.37. The molecule has 1 aromatic carbocycles. The van der Waals surface area contributed by atoms with Gasteiger partial charge in [-0.15, -0.1) is 0 Å². The van der Waals surface area contributed by atoms with Crippen molar-refractivity contribution < 1.29 is 9.90 Å². The molecule has 0 spiro atoms. The molecule has 0 aromatic heterocycles. The molecule has 1 fully saturated rings. The molecular formula is C14H19BrN2O2. The van der Waals surface area contributed by atoms with Crippen molar-refractivity contribution in [1.29, 1.82) is 0 Å². The van der Waals surface area contributed by atoms with E-state index in [4.69, 9.17) is 5.11 Å². The van der Waals surface area contributed by atoms with Gasteiger partial charge in [0.1, 0.15) is 0 Å². The van der Waals surface area contributed by atoms with E-state index in [-0.39, 0.29) is 6.54 Å². The number of carbonyl (C=O) groups is 1. The molecule has 19 heavy (non-hydrogen) atoms. The van der Waals surface area contributed by atoms with E-state index >= 15 is 0 Å². The van der Waals surface area contributed by atoms with Crippen molar-refractivity contribution in [1.82, 2.24) is 4.90 Å². The van der Waals surface area contributed by atoms with Gasteiger partial charge in [0.25, 0.3) is 0 Å². The van der Waals surface area contributed by atoms with Crippen LogP contribution in [0.1, 0.15) is 12.0 Å². The first-order valence-electron chi connectivity index (χ1n) is 6.40. The Kier molecular flexibility index (Phi) is 4.47. The predicted molar refractivity (Wildman–Crippen MR) is 79.8 cm³/mol. The normalized spacial score (nSPS) is 19.2. The van der Waals surface area contributed by atoms with Gasteiger partial charge >= 0.3 is 5.97 Å². The molecule has 104 valence electrons. The number of aliphatic carboxylic acids is 1. The van der Waals surface area contributed by atoms with Gasteiger partial charge in [0.2, 0.25) is 0 Å². The van der Waals surface area contributed by atoms with Crippen LogP contribution in [0, 0.1) is 6.92 Å². The number of hydrogen-bond acceptors (Lipinski definition) is 3. The molecule has 0 radical (unpaired) electrons. The summed E-state index contributed by atoms with van der Waals surface area (Å²) in [6.45, 7) is 4.03. The number of aryl methyl sites for hydroxylation is 1. The van der Waals surface area contributed by atoms with Crippen LogP contribution in [0.4, 0.5) is 5.69 Å². The van der Waals surface area contributed by atoms with Crippen molar-refractivity contribution in [2.45, 2.75) is 19.4 Å². The molecule has 1 unspecified atom stereocenters. The summed E-state index contributed by atoms with van der Waals surface area (Å²) in [4.78, 5) is 15.0. The largest absolute Gasteiger partial charge is 0.480 e. The van der Waals surface area contributed by atoms with Gasteiger partial charge in [0.15, 0.2) is 0 Å². The summed E-state index contributed by atoms with van der Waals surface area (Å²) >= 11 is 3.61. The third-order valence-corrected chi connectivity index (χ3v) is 4.25. The van der Waals surface area contributed by atoms with Crippen molar-refractivity contribution in [3.05, 3.63) is 28.2 Å². The molecule has 1 heterocycles. The Morgan fingerprint density at radius 3 is 2.95 bits per heavy atom. The molecule has 4 nitrogen and oxygen atoms in total. The van der Waals surface area contributed by atoms with E-state index in [0.29, 0.717) is 6.04 Å². The molecule has 2 rings (SSSR count). The highest BCUT2D eigenvalue weighted by molar-refractivity contribution is 9.10. The Morgan fingerprint density at radius 1 is 1.58 bits per heavy atom. The second kappa shape index (κ2) is 5.92. The highest BCUT2D eigenvalue weighted by Gasteiger charge is 2.27. The summed E-state index contributed by atoms with van der Waals surface area (Å²) in [6, 6.07) is 6.65. The summed E-state index contributed by atoms with van der Waals surface area (Å²) in [5, 5.41) is 8.84. The number of anilines is 1. The Labute approximate surface area is 122 Å². The minimum Gasteiger partial charge on any atom is -0.480 e. The zero-order valence-electron chi connectivity index (χ0n) is 11.3. The highest BCUT2D eigenvalue weighted by atomic mass is 79.9. The van der Waals surface area contributed by atoms with Crippen molar-refractivity contribution in [3.8, 4) is 0 Å². The van der Waals surface area contributed by atoms with Crippen LogP contribution in [0.3, 0.4) is 0 Å². The average molecular weight is 327 g/mol. The van der Waals surface area contributed by atoms with Crippen LogP contribution in [-0.4, -0.2) is 48.7 Å². The maximum atomic E-state index is 10.7. The van der Waals surface area contributed by atoms with E-state index in [9.17, 15) is 4.79 Å². The van der Waals surface area contributed by atoms with Gasteiger partial charge < -0.3 is 10.0 Å². The zero-order chi connectivity index (χ0) is 14.0. The molecule has 1 atom stereocenters. The van der Waals surface area contributed by atoms with Gasteiger partial charge in [-0.3, -0.25) is 9.69 Å². The predicted octanol–water partition coefficient (Wildman–Crippen LogP) is 2.35. The van der Waals surface area contributed by atoms with Crippen LogP contribution in [-0.2, 0) is 4.79 Å². The van der Waals surface area contributed by atoms with Crippen molar-refractivity contribution >= 4 is 27.6 Å². The molecule has 0 aliphatic carbocycles. The Balaban J connectivity index is 2.03. The summed E-state index contributed by atoms with van der Waals surface area (Å²) < 4.78 is 1.11. The summed E-state index contributed by atoms with van der Waals surface area (Å²) in [6.07, 6.45) is 1.00. The topological polar surface area (TPSA) is 43.8 Å². The molecular weight excluding hydrogens is 308 g/mol. The molecule has 0 bridgehead atoms. The maximum Gasteiger partial charge on any atom is 0.317 e. The highest BCUT2D eigenvalue weighted by Crippen LogP contribution is 2.30. The SMILES string of the molecule is Cc1ccc(N2CCC(N(C)CC(=O)O)C2)c(Br)c1. The molecule has 1 aromatic rings. The second-order valence-electron chi connectivity index (χ2n) is 5.15. The van der Waals surface area contributed by atoms with Crippen LogP contribution in [0.5, 0.6) is 0 Å². The fourth-order valence-electron chi connectivity index (χ4n) is 2.53. The van der Waals surface area contributed by atoms with E-state index in [1.165, 1.54) is 11.3 Å². The summed E-state index contributed by atoms with van der Waals surface area (Å²) in [5.41, 5.74) is 2.42. The standard InChI is InChI=1S/C14H19BrN2O2/c1-10-3-4-13(12(15)7-10)17-6-5-11(8-17)16(2)9-14(18)19/h3-4,7,11H,5-6,8-9H2,1-2H3,(H,18,19). The monoisotopic (exact) mass is 326 g/mol. The number of carboxylic acid groups (broad SMARTS) is 1. The van der Waals surface area contributed by atoms with Gasteiger partial charge in [-0.05, 0) is 54.0 Å². The molecule has 1 saturated heterocycles. The summed E-state index contributed by atoms with van der Waals surface area (Å²) in [7, 11) is 1.88. The van der Waals surface area contributed by atoms with Gasteiger partial charge in [-0.1, -0.05) is 6.07 Å². The fourth-order valence-corrected chi connectivity index (χ4v) is 3.28. The second-order valence-corrected chi connectivity index (χ2v) is 6.01. The van der Waals surface area contributed by atoms with E-state index in [1.807, 2.05) is 11.9 Å². The molecule has 0 saturated carbocycles. The molecule has 1 aliphatic rings. The minimum atomic E-state index is -0.766. The first-order chi connectivity index (χ1) is 8.97. The number of rotatable bonds is 4. The number of halogens is 1.